The summed E-state index contributed by atoms with van der Waals surface area (Å²) in [5.41, 5.74) is 6.26. The van der Waals surface area contributed by atoms with Gasteiger partial charge >= 0.3 is 0 Å². The molecule has 0 bridgehead atoms. The Morgan fingerprint density at radius 2 is 1.74 bits per heavy atom. The number of rotatable bonds is 7. The minimum absolute atomic E-state index is 0.0336. The molecule has 0 aliphatic carbocycles. The first-order valence-electron chi connectivity index (χ1n) is 8.31. The van der Waals surface area contributed by atoms with E-state index in [1.165, 1.54) is 6.92 Å². The molecule has 0 amide bonds. The molecule has 1 heterocycles. The van der Waals surface area contributed by atoms with E-state index in [9.17, 15) is 9.00 Å². The van der Waals surface area contributed by atoms with E-state index in [2.05, 4.69) is 15.8 Å². The van der Waals surface area contributed by atoms with Crippen molar-refractivity contribution < 1.29 is 9.00 Å². The van der Waals surface area contributed by atoms with Crippen molar-refractivity contribution in [3.8, 4) is 0 Å². The highest BCUT2D eigenvalue weighted by Gasteiger charge is 2.16. The van der Waals surface area contributed by atoms with Gasteiger partial charge in [0.2, 0.25) is 0 Å². The van der Waals surface area contributed by atoms with Gasteiger partial charge in [-0.2, -0.15) is 0 Å². The number of hydrogen-bond acceptors (Lipinski definition) is 5. The van der Waals surface area contributed by atoms with E-state index in [-0.39, 0.29) is 11.5 Å². The molecule has 0 aliphatic rings. The number of nitrogens with one attached hydrogen (secondary N) is 2. The average molecular weight is 346 g/mol. The minimum atomic E-state index is -1.11. The lowest BCUT2D eigenvalue weighted by Crippen LogP contribution is -2.46. The fraction of sp³-hybridized carbons (Fsp3) is 0.647. The van der Waals surface area contributed by atoms with Crippen molar-refractivity contribution in [3.05, 3.63) is 30.1 Å². The molecule has 0 radical (unpaired) electrons. The Morgan fingerprint density at radius 3 is 2.13 bits per heavy atom. The lowest BCUT2D eigenvalue weighted by atomic mass is 10.2. The lowest BCUT2D eigenvalue weighted by molar-refractivity contribution is -0.118. The predicted molar refractivity (Wildman–Crippen MR) is 102 cm³/mol. The van der Waals surface area contributed by atoms with Crippen LogP contribution in [0.3, 0.4) is 0 Å². The molecular weight excluding hydrogens is 310 g/mol. The van der Waals surface area contributed by atoms with Gasteiger partial charge in [0.15, 0.2) is 0 Å². The van der Waals surface area contributed by atoms with Gasteiger partial charge in [-0.25, -0.2) is 5.43 Å². The van der Waals surface area contributed by atoms with Crippen LogP contribution in [0.2, 0.25) is 0 Å². The SMILES string of the molecule is CC.CC.CC.CNNC(CS(=O)Cc1ccccn1)C(C)=O. The number of aromatic nitrogens is 1. The highest BCUT2D eigenvalue weighted by Crippen LogP contribution is 2.01. The third kappa shape index (κ3) is 15.6. The molecule has 1 aromatic heterocycles. The minimum Gasteiger partial charge on any atom is -0.298 e. The highest BCUT2D eigenvalue weighted by atomic mass is 32.2. The normalized spacial score (nSPS) is 11.3. The number of carbonyl (C=O) groups is 1. The van der Waals surface area contributed by atoms with Crippen molar-refractivity contribution in [1.29, 1.82) is 0 Å². The molecule has 0 fully saturated rings. The number of Topliss-reactive ketones (excluding diaryl/α,β-unsaturated/α-hetero) is 1. The Hall–Kier alpha value is -1.11. The van der Waals surface area contributed by atoms with Gasteiger partial charge in [-0.1, -0.05) is 47.6 Å². The van der Waals surface area contributed by atoms with Gasteiger partial charge in [-0.15, -0.1) is 0 Å². The first-order valence-corrected chi connectivity index (χ1v) is 9.80. The number of nitrogens with zero attached hydrogens (tertiary/aromatic N) is 1. The Labute approximate surface area is 145 Å². The van der Waals surface area contributed by atoms with Crippen LogP contribution in [0.15, 0.2) is 24.4 Å². The second-order valence-corrected chi connectivity index (χ2v) is 5.13. The molecule has 5 nitrogen and oxygen atoms in total. The van der Waals surface area contributed by atoms with Crippen molar-refractivity contribution in [1.82, 2.24) is 15.8 Å². The molecule has 1 aromatic rings. The molecule has 23 heavy (non-hydrogen) atoms. The summed E-state index contributed by atoms with van der Waals surface area (Å²) in [7, 11) is 0.569. The summed E-state index contributed by atoms with van der Waals surface area (Å²) in [4.78, 5) is 15.4. The third-order valence-corrected chi connectivity index (χ3v) is 3.52. The van der Waals surface area contributed by atoms with E-state index in [0.717, 1.165) is 5.69 Å². The number of carbonyl (C=O) groups excluding carboxylic acids is 1. The number of pyridine rings is 1. The number of hydrazine groups is 1. The number of ketones is 1. The molecule has 2 N–H and O–H groups in total. The molecule has 2 unspecified atom stereocenters. The predicted octanol–water partition coefficient (Wildman–Crippen LogP) is 3.09. The monoisotopic (exact) mass is 345 g/mol. The molecule has 0 aromatic carbocycles. The van der Waals surface area contributed by atoms with E-state index < -0.39 is 16.8 Å². The molecule has 0 saturated heterocycles. The summed E-state index contributed by atoms with van der Waals surface area (Å²) in [6.45, 7) is 13.5. The Bertz CT molecular complexity index is 387. The third-order valence-electron chi connectivity index (χ3n) is 2.20. The maximum atomic E-state index is 11.9. The van der Waals surface area contributed by atoms with Crippen molar-refractivity contribution in [2.45, 2.75) is 60.3 Å². The van der Waals surface area contributed by atoms with Crippen LogP contribution in [-0.2, 0) is 21.3 Å². The van der Waals surface area contributed by atoms with Crippen LogP contribution in [0, 0.1) is 0 Å². The van der Waals surface area contributed by atoms with E-state index in [4.69, 9.17) is 0 Å². The molecule has 0 spiro atoms. The molecule has 2 atom stereocenters. The molecule has 0 aliphatic heterocycles. The molecule has 0 saturated carbocycles. The summed E-state index contributed by atoms with van der Waals surface area (Å²) in [6.07, 6.45) is 1.67. The first kappa shape index (κ1) is 26.8. The zero-order chi connectivity index (χ0) is 18.7. The highest BCUT2D eigenvalue weighted by molar-refractivity contribution is 7.84. The van der Waals surface area contributed by atoms with E-state index in [0.29, 0.717) is 5.75 Å². The zero-order valence-electron chi connectivity index (χ0n) is 16.0. The van der Waals surface area contributed by atoms with Crippen molar-refractivity contribution in [2.75, 3.05) is 12.8 Å². The largest absolute Gasteiger partial charge is 0.298 e. The Kier molecular flexibility index (Phi) is 24.3. The van der Waals surface area contributed by atoms with Gasteiger partial charge in [0.1, 0.15) is 5.78 Å². The van der Waals surface area contributed by atoms with Crippen molar-refractivity contribution in [3.63, 3.8) is 0 Å². The molecule has 6 heteroatoms. The Morgan fingerprint density at radius 1 is 1.17 bits per heavy atom. The topological polar surface area (TPSA) is 71.1 Å². The second kappa shape index (κ2) is 20.9. The van der Waals surface area contributed by atoms with Crippen LogP contribution >= 0.6 is 0 Å². The lowest BCUT2D eigenvalue weighted by Gasteiger charge is -2.14. The van der Waals surface area contributed by atoms with E-state index in [1.54, 1.807) is 13.2 Å². The van der Waals surface area contributed by atoms with Crippen LogP contribution in [-0.4, -0.2) is 33.8 Å². The first-order chi connectivity index (χ1) is 11.1. The van der Waals surface area contributed by atoms with Crippen LogP contribution in [0.5, 0.6) is 0 Å². The van der Waals surface area contributed by atoms with Gasteiger partial charge in [-0.3, -0.25) is 19.4 Å². The summed E-state index contributed by atoms with van der Waals surface area (Å²) in [5, 5.41) is 0. The van der Waals surface area contributed by atoms with Crippen LogP contribution in [0.4, 0.5) is 0 Å². The fourth-order valence-electron chi connectivity index (χ4n) is 1.33. The zero-order valence-corrected chi connectivity index (χ0v) is 16.8. The van der Waals surface area contributed by atoms with Crippen molar-refractivity contribution >= 4 is 16.6 Å². The smallest absolute Gasteiger partial charge is 0.148 e. The summed E-state index contributed by atoms with van der Waals surface area (Å²) >= 11 is 0. The molecular formula is C17H35N3O2S. The van der Waals surface area contributed by atoms with E-state index in [1.807, 2.05) is 59.7 Å². The quantitative estimate of drug-likeness (QED) is 0.743. The van der Waals surface area contributed by atoms with Gasteiger partial charge < -0.3 is 0 Å². The summed E-state index contributed by atoms with van der Waals surface area (Å²) < 4.78 is 11.9. The van der Waals surface area contributed by atoms with Crippen LogP contribution in [0.1, 0.15) is 54.2 Å². The fourth-order valence-corrected chi connectivity index (χ4v) is 2.64. The number of hydrogen-bond donors (Lipinski definition) is 2. The summed E-state index contributed by atoms with van der Waals surface area (Å²) in [5.74, 6) is 0.622. The van der Waals surface area contributed by atoms with E-state index >= 15 is 0 Å². The molecule has 136 valence electrons. The summed E-state index contributed by atoms with van der Waals surface area (Å²) in [6, 6.07) is 5.07. The van der Waals surface area contributed by atoms with Crippen LogP contribution < -0.4 is 10.9 Å². The van der Waals surface area contributed by atoms with Crippen LogP contribution in [0.25, 0.3) is 0 Å². The second-order valence-electron chi connectivity index (χ2n) is 3.63. The maximum absolute atomic E-state index is 11.9. The van der Waals surface area contributed by atoms with Gasteiger partial charge in [0, 0.05) is 22.7 Å². The maximum Gasteiger partial charge on any atom is 0.148 e. The average Bonchev–Trinajstić information content (AvgIpc) is 2.60. The van der Waals surface area contributed by atoms with Gasteiger partial charge in [0.25, 0.3) is 0 Å². The van der Waals surface area contributed by atoms with Gasteiger partial charge in [0.05, 0.1) is 17.5 Å². The van der Waals surface area contributed by atoms with Crippen molar-refractivity contribution in [2.24, 2.45) is 0 Å². The standard InChI is InChI=1S/C11H17N3O2S.3C2H6/c1-9(15)11(14-12-2)8-17(16)7-10-5-3-4-6-13-10;3*1-2/h3-6,11-12,14H,7-8H2,1-2H3;3*1-2H3. The Balaban J connectivity index is -0.000000595. The molecule has 1 rings (SSSR count). The van der Waals surface area contributed by atoms with Gasteiger partial charge in [-0.05, 0) is 26.1 Å².